The Morgan fingerprint density at radius 2 is 1.13 bits per heavy atom. The normalized spacial score (nSPS) is 15.3. The van der Waals surface area contributed by atoms with Gasteiger partial charge in [0.05, 0.1) is 6.61 Å². The molecule has 0 bridgehead atoms. The number of rotatable bonds is 38. The number of aromatic nitrogens is 1. The molecule has 1 saturated heterocycles. The first-order chi connectivity index (χ1) is 49.0. The number of likely N-dealkylation sites (tertiary alicyclic amines) is 1. The number of nitrogens with zero attached hydrogens (tertiary/aromatic N) is 3. The average Bonchev–Trinajstić information content (AvgIpc) is 1.81. The molecule has 0 unspecified atom stereocenters. The minimum atomic E-state index is -2.03. The van der Waals surface area contributed by atoms with Crippen LogP contribution in [0.1, 0.15) is 94.9 Å². The summed E-state index contributed by atoms with van der Waals surface area (Å²) in [6, 6.07) is 12.3. The monoisotopic (exact) mass is 1430 g/mol. The fourth-order valence-corrected chi connectivity index (χ4v) is 11.5. The predicted molar refractivity (Wildman–Crippen MR) is 378 cm³/mol. The van der Waals surface area contributed by atoms with Gasteiger partial charge in [-0.15, -0.1) is 0 Å². The van der Waals surface area contributed by atoms with Crippen LogP contribution in [0.2, 0.25) is 6.43 Å². The van der Waals surface area contributed by atoms with Gasteiger partial charge in [0, 0.05) is 69.7 Å². The van der Waals surface area contributed by atoms with E-state index >= 15 is 0 Å². The summed E-state index contributed by atoms with van der Waals surface area (Å²) in [5, 5.41) is 46.9. The van der Waals surface area contributed by atoms with E-state index in [4.69, 9.17) is 34.5 Å². The van der Waals surface area contributed by atoms with Crippen molar-refractivity contribution in [3.63, 3.8) is 0 Å². The molecule has 13 amide bonds. The molecule has 0 aliphatic carbocycles. The number of pyridine rings is 1. The van der Waals surface area contributed by atoms with Crippen molar-refractivity contribution >= 4 is 99.3 Å². The number of aliphatic hydroxyl groups excluding tert-OH is 1. The van der Waals surface area contributed by atoms with E-state index in [1.165, 1.54) is 55.4 Å². The second-order valence-corrected chi connectivity index (χ2v) is 25.7. The number of fused-ring (bicyclic) bond motifs is 1. The van der Waals surface area contributed by atoms with E-state index in [2.05, 4.69) is 57.8 Å². The molecule has 548 valence electrons. The van der Waals surface area contributed by atoms with Gasteiger partial charge in [0.2, 0.25) is 65.0 Å². The Kier molecular flexibility index (Phi) is 30.5. The zero-order valence-electron chi connectivity index (χ0n) is 58.2. The van der Waals surface area contributed by atoms with Gasteiger partial charge < -0.3 is 91.2 Å². The van der Waals surface area contributed by atoms with Gasteiger partial charge in [0.1, 0.15) is 66.2 Å². The van der Waals surface area contributed by atoms with E-state index in [9.17, 15) is 69.2 Å². The molecule has 10 atom stereocenters. The molecular formula is C70H92ClN17O14. The first-order valence-electron chi connectivity index (χ1n) is 33.8. The van der Waals surface area contributed by atoms with Crippen LogP contribution in [-0.4, -0.2) is 184 Å². The van der Waals surface area contributed by atoms with E-state index < -0.39 is 144 Å². The van der Waals surface area contributed by atoms with Crippen LogP contribution in [0.15, 0.2) is 121 Å². The molecule has 1 aliphatic heterocycles. The van der Waals surface area contributed by atoms with Crippen LogP contribution in [0.25, 0.3) is 10.8 Å². The van der Waals surface area contributed by atoms with Crippen molar-refractivity contribution in [3.05, 3.63) is 143 Å². The summed E-state index contributed by atoms with van der Waals surface area (Å²) in [4.78, 5) is 177. The van der Waals surface area contributed by atoms with E-state index in [0.717, 1.165) is 10.8 Å². The van der Waals surface area contributed by atoms with Gasteiger partial charge in [0.25, 0.3) is 0 Å². The van der Waals surface area contributed by atoms with Gasteiger partial charge in [-0.2, -0.15) is 0 Å². The molecular weight excluding hydrogens is 1340 g/mol. The maximum atomic E-state index is 15.0. The molecule has 1 fully saturated rings. The highest BCUT2D eigenvalue weighted by Gasteiger charge is 2.40. The smallest absolute Gasteiger partial charge is 0.312 e. The lowest BCUT2D eigenvalue weighted by atomic mass is 9.99. The lowest BCUT2D eigenvalue weighted by Gasteiger charge is -2.31. The minimum absolute atomic E-state index is 0.0103. The third-order valence-corrected chi connectivity index (χ3v) is 16.9. The first kappa shape index (κ1) is 78.4. The number of amides is 13. The molecule has 102 heavy (non-hydrogen) atoms. The minimum Gasteiger partial charge on any atom is -0.508 e. The summed E-state index contributed by atoms with van der Waals surface area (Å²) in [6.07, 6.45) is 2.23. The van der Waals surface area contributed by atoms with Crippen LogP contribution in [0, 0.1) is 5.92 Å². The number of hydrogen-bond donors (Lipinski definition) is 16. The first-order valence-corrected chi connectivity index (χ1v) is 33.8. The van der Waals surface area contributed by atoms with E-state index in [0.29, 0.717) is 28.1 Å². The maximum absolute atomic E-state index is 15.0. The predicted octanol–water partition coefficient (Wildman–Crippen LogP) is -0.716. The second kappa shape index (κ2) is 39.7. The number of nitrogens with one attached hydrogen (secondary N) is 10. The molecule has 4 aromatic carbocycles. The van der Waals surface area contributed by atoms with Gasteiger partial charge in [-0.05, 0) is 121 Å². The fraction of sp³-hybridized carbons (Fsp3) is 0.429. The molecule has 0 radical (unpaired) electrons. The third kappa shape index (κ3) is 26.0. The number of carbonyl (C=O) groups is 12. The number of aromatic hydroxyl groups is 1. The van der Waals surface area contributed by atoms with Crippen LogP contribution in [0.3, 0.4) is 0 Å². The van der Waals surface area contributed by atoms with Crippen molar-refractivity contribution in [1.29, 1.82) is 0 Å². The Balaban J connectivity index is 1.27. The van der Waals surface area contributed by atoms with Crippen molar-refractivity contribution in [2.75, 3.05) is 26.2 Å². The van der Waals surface area contributed by atoms with Crippen LogP contribution >= 0.6 is 11.6 Å². The van der Waals surface area contributed by atoms with Gasteiger partial charge >= 0.3 is 6.03 Å². The Hall–Kier alpha value is -10.9. The molecule has 6 rings (SSSR count). The second-order valence-electron chi connectivity index (χ2n) is 25.3. The number of nitrogens with two attached hydrogens (primary N) is 4. The number of carbonyl (C=O) groups excluding carboxylic acids is 12. The summed E-state index contributed by atoms with van der Waals surface area (Å²) in [5.74, 6) is -10.6. The zero-order chi connectivity index (χ0) is 75.4. The zero-order valence-corrected chi connectivity index (χ0v) is 58.0. The van der Waals surface area contributed by atoms with Crippen molar-refractivity contribution in [2.45, 2.75) is 159 Å². The number of guanidine groups is 1. The van der Waals surface area contributed by atoms with Gasteiger partial charge in [-0.3, -0.25) is 62.7 Å². The Labute approximate surface area is 596 Å². The summed E-state index contributed by atoms with van der Waals surface area (Å²) in [7, 11) is 0. The van der Waals surface area contributed by atoms with E-state index in [1.807, 2.05) is 42.5 Å². The Morgan fingerprint density at radius 3 is 1.73 bits per heavy atom. The van der Waals surface area contributed by atoms with Crippen molar-refractivity contribution in [3.8, 4) is 5.75 Å². The number of phenolic OH excluding ortho intramolecular Hbond substituents is 1. The highest BCUT2D eigenvalue weighted by Crippen LogP contribution is 2.22. The van der Waals surface area contributed by atoms with Gasteiger partial charge in [-0.25, -0.2) is 4.79 Å². The van der Waals surface area contributed by atoms with Gasteiger partial charge in [0.15, 0.2) is 7.37 Å². The average molecular weight is 1430 g/mol. The highest BCUT2D eigenvalue weighted by molar-refractivity contribution is 6.30. The molecule has 2 heterocycles. The standard InChI is InChI=1S/C70H92ClN17O14/c1-39(2)31-52(61(94)82-51(15-9-28-77-69(73)74)68(101)88-30-10-16-58(88)67(100)79-40(3)59(72)92)83-60(93)50(14-8-29-78-70(75)102)81-63(96)54(34-43-20-25-49(91)26-21-43)86-66(99)57(38-89)87-65(98)56(36-45-11-7-27-76-37-45)85-64(97)55(33-42-18-23-48(71)24-19-42)84-62(95)53(80-41(4)90)35-44-17-22-46-12-5-6-13-47(46)32-44/h5-7,11-13,17-27,32,37,39-40,50-58,89,91H,8-10,14-16,28-31,33-36,38H2,1-4H3,(H2,72,92)(H,79,100)(H,80,90)(H,81,96)(H,82,94)(H,83,93)(H,84,95)(H,85,97)(H,86,99)(H,87,98)(H4,73,74,77)(H3,75,78,102)/t40-,50+,51+,52+,53-,54+,55-,56-,57+,58+/m1/s1/i/hD. The van der Waals surface area contributed by atoms with E-state index in [1.54, 1.807) is 50.2 Å². The molecule has 0 spiro atoms. The lowest BCUT2D eigenvalue weighted by molar-refractivity contribution is -0.142. The van der Waals surface area contributed by atoms with E-state index in [-0.39, 0.29) is 106 Å². The topological polar surface area (TPSA) is 498 Å². The van der Waals surface area contributed by atoms with Crippen LogP contribution in [0.5, 0.6) is 5.75 Å². The molecule has 32 heteroatoms. The third-order valence-electron chi connectivity index (χ3n) is 16.6. The van der Waals surface area contributed by atoms with Crippen LogP contribution < -0.4 is 76.1 Å². The molecule has 20 N–H and O–H groups in total. The quantitative estimate of drug-likeness (QED) is 0.0132. The van der Waals surface area contributed by atoms with Crippen molar-refractivity contribution in [2.24, 2.45) is 33.8 Å². The summed E-state index contributed by atoms with van der Waals surface area (Å²) < 4.78 is 9.35. The molecule has 5 aromatic rings. The molecule has 0 saturated carbocycles. The van der Waals surface area contributed by atoms with Crippen LogP contribution in [-0.2, 0) is 78.4 Å². The number of hydrogen-bond acceptors (Lipinski definition) is 16. The highest BCUT2D eigenvalue weighted by atomic mass is 35.5. The molecule has 1 aliphatic rings. The van der Waals surface area contributed by atoms with Crippen molar-refractivity contribution < 1.29 is 69.2 Å². The summed E-state index contributed by atoms with van der Waals surface area (Å²) >= 11 is 6.22. The number of primary amides is 2. The number of aliphatic hydroxyl groups is 1. The lowest BCUT2D eigenvalue weighted by Crippen LogP contribution is -2.61. The number of phenols is 1. The largest absolute Gasteiger partial charge is 0.508 e. The summed E-state index contributed by atoms with van der Waals surface area (Å²) in [6.45, 7) is 4.93. The Bertz CT molecular complexity index is 3820. The number of halogens is 1. The number of aliphatic imine (C=N–C) groups is 1. The molecule has 31 nitrogen and oxygen atoms in total. The maximum Gasteiger partial charge on any atom is 0.312 e. The SMILES string of the molecule is [2H]N(C(=O)[C@H](CO)NC(=O)[C@@H](Cc1cccnc1)NC(=O)[C@@H](Cc1ccc(Cl)cc1)NC(=O)[C@@H](Cc1ccc2ccccc2c1)NC(C)=O)[C@@H](Cc1ccc(O)cc1)C(=O)N[C@@H](CCCNC(N)=O)C(=O)N[C@@H](CC(C)C)C(=O)N[C@@H](CCCN=C(N)N)C(=O)N1CCC[C@H]1C(=O)N[C@H](C)C(N)=O. The van der Waals surface area contributed by atoms with Crippen LogP contribution in [0.4, 0.5) is 4.79 Å². The fourth-order valence-electron chi connectivity index (χ4n) is 11.3. The summed E-state index contributed by atoms with van der Waals surface area (Å²) in [5.41, 5.74) is 23.7. The molecule has 1 aromatic heterocycles. The Morgan fingerprint density at radius 1 is 0.598 bits per heavy atom. The van der Waals surface area contributed by atoms with Gasteiger partial charge in [-0.1, -0.05) is 98.2 Å². The number of urea groups is 1. The number of benzene rings is 4. The van der Waals surface area contributed by atoms with Crippen molar-refractivity contribution in [1.82, 2.24) is 63.0 Å².